The molecule has 0 radical (unpaired) electrons. The van der Waals surface area contributed by atoms with Gasteiger partial charge in [-0.25, -0.2) is 0 Å². The van der Waals surface area contributed by atoms with Crippen LogP contribution < -0.4 is 0 Å². The molecule has 2 rings (SSSR count). The molecule has 2 fully saturated rings. The van der Waals surface area contributed by atoms with E-state index < -0.39 is 17.5 Å². The summed E-state index contributed by atoms with van der Waals surface area (Å²) in [5.41, 5.74) is -0.479. The minimum atomic E-state index is -0.893. The van der Waals surface area contributed by atoms with Crippen LogP contribution in [0.4, 0.5) is 0 Å². The summed E-state index contributed by atoms with van der Waals surface area (Å²) in [5.74, 6) is -1.31. The predicted molar refractivity (Wildman–Crippen MR) is 66.0 cm³/mol. The largest absolute Gasteiger partial charge is 0.481 e. The van der Waals surface area contributed by atoms with Crippen LogP contribution in [0, 0.1) is 17.3 Å². The van der Waals surface area contributed by atoms with E-state index in [9.17, 15) is 14.7 Å². The number of carboxylic acids is 1. The van der Waals surface area contributed by atoms with Crippen molar-refractivity contribution < 1.29 is 19.4 Å². The fourth-order valence-electron chi connectivity index (χ4n) is 3.43. The van der Waals surface area contributed by atoms with Gasteiger partial charge >= 0.3 is 11.9 Å². The van der Waals surface area contributed by atoms with Crippen molar-refractivity contribution in [3.05, 3.63) is 0 Å². The summed E-state index contributed by atoms with van der Waals surface area (Å²) >= 11 is 0. The fraction of sp³-hybridized carbons (Fsp3) is 0.857. The van der Waals surface area contributed by atoms with E-state index in [2.05, 4.69) is 20.8 Å². The molecule has 1 N–H and O–H groups in total. The molecule has 4 heteroatoms. The summed E-state index contributed by atoms with van der Waals surface area (Å²) in [4.78, 5) is 22.7. The summed E-state index contributed by atoms with van der Waals surface area (Å²) in [5, 5.41) is 9.24. The van der Waals surface area contributed by atoms with Gasteiger partial charge in [0.2, 0.25) is 0 Å². The minimum Gasteiger partial charge on any atom is -0.481 e. The molecule has 1 heterocycles. The lowest BCUT2D eigenvalue weighted by Crippen LogP contribution is -2.44. The molecular formula is C14H22O4. The third-order valence-corrected chi connectivity index (χ3v) is 4.68. The molecule has 0 aromatic carbocycles. The van der Waals surface area contributed by atoms with Crippen LogP contribution >= 0.6 is 0 Å². The van der Waals surface area contributed by atoms with E-state index in [-0.39, 0.29) is 17.8 Å². The Morgan fingerprint density at radius 2 is 1.89 bits per heavy atom. The van der Waals surface area contributed by atoms with Crippen molar-refractivity contribution >= 4 is 11.9 Å². The Morgan fingerprint density at radius 3 is 2.33 bits per heavy atom. The van der Waals surface area contributed by atoms with Gasteiger partial charge in [-0.2, -0.15) is 0 Å². The van der Waals surface area contributed by atoms with Crippen LogP contribution in [0.2, 0.25) is 0 Å². The quantitative estimate of drug-likeness (QED) is 0.730. The first-order valence-electron chi connectivity index (χ1n) is 6.69. The zero-order chi connectivity index (χ0) is 13.6. The third kappa shape index (κ3) is 2.25. The molecule has 4 nitrogen and oxygen atoms in total. The van der Waals surface area contributed by atoms with Crippen molar-refractivity contribution in [2.24, 2.45) is 17.3 Å². The van der Waals surface area contributed by atoms with Crippen LogP contribution in [0.3, 0.4) is 0 Å². The van der Waals surface area contributed by atoms with Crippen molar-refractivity contribution in [2.45, 2.75) is 58.5 Å². The highest BCUT2D eigenvalue weighted by Crippen LogP contribution is 2.49. The Bertz CT molecular complexity index is 358. The normalized spacial score (nSPS) is 36.7. The zero-order valence-electron chi connectivity index (χ0n) is 11.4. The molecule has 1 aliphatic carbocycles. The van der Waals surface area contributed by atoms with Crippen LogP contribution in [0.25, 0.3) is 0 Å². The Labute approximate surface area is 108 Å². The number of rotatable bonds is 1. The number of ether oxygens (including phenoxy) is 1. The molecule has 1 aliphatic heterocycles. The van der Waals surface area contributed by atoms with E-state index in [0.717, 1.165) is 12.8 Å². The predicted octanol–water partition coefficient (Wildman–Crippen LogP) is 2.61. The first-order chi connectivity index (χ1) is 8.24. The van der Waals surface area contributed by atoms with Gasteiger partial charge in [-0.05, 0) is 37.0 Å². The molecule has 1 saturated carbocycles. The summed E-state index contributed by atoms with van der Waals surface area (Å²) in [6.07, 6.45) is 3.31. The topological polar surface area (TPSA) is 63.6 Å². The molecule has 0 amide bonds. The average Bonchev–Trinajstić information content (AvgIpc) is 2.55. The van der Waals surface area contributed by atoms with Gasteiger partial charge in [-0.15, -0.1) is 0 Å². The molecular weight excluding hydrogens is 232 g/mol. The average molecular weight is 254 g/mol. The van der Waals surface area contributed by atoms with E-state index in [0.29, 0.717) is 18.8 Å². The number of hydrogen-bond donors (Lipinski definition) is 1. The standard InChI is InChI=1S/C14H22O4/c1-13(2,3)9-4-6-14(7-5-9)10(12(16)17)8-11(15)18-14/h9-10H,4-8H2,1-3H3,(H,16,17). The van der Waals surface area contributed by atoms with Crippen molar-refractivity contribution in [3.8, 4) is 0 Å². The number of aliphatic carboxylic acids is 1. The lowest BCUT2D eigenvalue weighted by molar-refractivity contribution is -0.160. The minimum absolute atomic E-state index is 0.0372. The number of esters is 1. The highest BCUT2D eigenvalue weighted by Gasteiger charge is 2.54. The van der Waals surface area contributed by atoms with Gasteiger partial charge in [0.1, 0.15) is 11.5 Å². The van der Waals surface area contributed by atoms with E-state index >= 15 is 0 Å². The monoisotopic (exact) mass is 254 g/mol. The van der Waals surface area contributed by atoms with Gasteiger partial charge in [0.25, 0.3) is 0 Å². The number of hydrogen-bond acceptors (Lipinski definition) is 3. The Kier molecular flexibility index (Phi) is 3.16. The van der Waals surface area contributed by atoms with Gasteiger partial charge < -0.3 is 9.84 Å². The maximum absolute atomic E-state index is 11.4. The van der Waals surface area contributed by atoms with Crippen molar-refractivity contribution in [1.29, 1.82) is 0 Å². The fourth-order valence-corrected chi connectivity index (χ4v) is 3.43. The van der Waals surface area contributed by atoms with Gasteiger partial charge in [0.15, 0.2) is 0 Å². The van der Waals surface area contributed by atoms with Gasteiger partial charge in [-0.1, -0.05) is 20.8 Å². The highest BCUT2D eigenvalue weighted by atomic mass is 16.6. The smallest absolute Gasteiger partial charge is 0.311 e. The number of carbonyl (C=O) groups is 2. The Balaban J connectivity index is 2.11. The second-order valence-corrected chi connectivity index (χ2v) is 6.77. The lowest BCUT2D eigenvalue weighted by atomic mass is 9.65. The van der Waals surface area contributed by atoms with E-state index in [1.807, 2.05) is 0 Å². The highest BCUT2D eigenvalue weighted by molar-refractivity contribution is 5.83. The van der Waals surface area contributed by atoms with Crippen LogP contribution in [-0.2, 0) is 14.3 Å². The third-order valence-electron chi connectivity index (χ3n) is 4.68. The van der Waals surface area contributed by atoms with E-state index in [1.165, 1.54) is 0 Å². The van der Waals surface area contributed by atoms with Gasteiger partial charge in [0, 0.05) is 0 Å². The SMILES string of the molecule is CC(C)(C)C1CCC2(CC1)OC(=O)CC2C(=O)O. The first kappa shape index (κ1) is 13.4. The maximum atomic E-state index is 11.4. The number of carboxylic acid groups (broad SMARTS) is 1. The van der Waals surface area contributed by atoms with Crippen molar-refractivity contribution in [3.63, 3.8) is 0 Å². The first-order valence-corrected chi connectivity index (χ1v) is 6.69. The van der Waals surface area contributed by atoms with Gasteiger partial charge in [0.05, 0.1) is 6.42 Å². The summed E-state index contributed by atoms with van der Waals surface area (Å²) in [7, 11) is 0. The number of carbonyl (C=O) groups excluding carboxylic acids is 1. The van der Waals surface area contributed by atoms with Crippen molar-refractivity contribution in [1.82, 2.24) is 0 Å². The van der Waals surface area contributed by atoms with Crippen LogP contribution in [0.1, 0.15) is 52.9 Å². The Morgan fingerprint density at radius 1 is 1.33 bits per heavy atom. The molecule has 0 bridgehead atoms. The van der Waals surface area contributed by atoms with Gasteiger partial charge in [-0.3, -0.25) is 9.59 Å². The molecule has 0 aromatic heterocycles. The maximum Gasteiger partial charge on any atom is 0.311 e. The van der Waals surface area contributed by atoms with E-state index in [1.54, 1.807) is 0 Å². The summed E-state index contributed by atoms with van der Waals surface area (Å²) in [6, 6.07) is 0. The lowest BCUT2D eigenvalue weighted by Gasteiger charge is -2.42. The molecule has 1 spiro atoms. The van der Waals surface area contributed by atoms with Crippen LogP contribution in [0.15, 0.2) is 0 Å². The molecule has 1 atom stereocenters. The summed E-state index contributed by atoms with van der Waals surface area (Å²) < 4.78 is 5.40. The van der Waals surface area contributed by atoms with E-state index in [4.69, 9.17) is 4.74 Å². The second kappa shape index (κ2) is 4.25. The molecule has 2 aliphatic rings. The molecule has 18 heavy (non-hydrogen) atoms. The van der Waals surface area contributed by atoms with Crippen LogP contribution in [-0.4, -0.2) is 22.6 Å². The van der Waals surface area contributed by atoms with Crippen LogP contribution in [0.5, 0.6) is 0 Å². The molecule has 102 valence electrons. The molecule has 0 aromatic rings. The Hall–Kier alpha value is -1.06. The van der Waals surface area contributed by atoms with Crippen molar-refractivity contribution in [2.75, 3.05) is 0 Å². The molecule has 1 saturated heterocycles. The zero-order valence-corrected chi connectivity index (χ0v) is 11.4. The second-order valence-electron chi connectivity index (χ2n) is 6.77. The molecule has 1 unspecified atom stereocenters. The summed E-state index contributed by atoms with van der Waals surface area (Å²) in [6.45, 7) is 6.64.